The Morgan fingerprint density at radius 2 is 1.64 bits per heavy atom. The Hall–Kier alpha value is -2.37. The van der Waals surface area contributed by atoms with E-state index in [2.05, 4.69) is 5.32 Å². The van der Waals surface area contributed by atoms with Crippen LogP contribution in [-0.4, -0.2) is 34.1 Å². The molecule has 6 heteroatoms. The van der Waals surface area contributed by atoms with E-state index >= 15 is 0 Å². The summed E-state index contributed by atoms with van der Waals surface area (Å²) in [6, 6.07) is 8.24. The highest BCUT2D eigenvalue weighted by Crippen LogP contribution is 2.33. The van der Waals surface area contributed by atoms with E-state index in [1.165, 1.54) is 0 Å². The molecule has 0 spiro atoms. The van der Waals surface area contributed by atoms with Gasteiger partial charge in [-0.05, 0) is 37.2 Å². The molecule has 1 fully saturated rings. The van der Waals surface area contributed by atoms with Gasteiger partial charge in [0.05, 0.1) is 5.92 Å². The smallest absolute Gasteiger partial charge is 0.326 e. The third-order valence-corrected chi connectivity index (χ3v) is 5.14. The third-order valence-electron chi connectivity index (χ3n) is 5.14. The Bertz CT molecular complexity index is 608. The summed E-state index contributed by atoms with van der Waals surface area (Å²) in [6.07, 6.45) is 2.81. The zero-order valence-electron chi connectivity index (χ0n) is 14.4. The van der Waals surface area contributed by atoms with Crippen molar-refractivity contribution in [2.45, 2.75) is 45.1 Å². The van der Waals surface area contributed by atoms with Crippen LogP contribution in [0.1, 0.15) is 38.2 Å². The van der Waals surface area contributed by atoms with Gasteiger partial charge < -0.3 is 15.5 Å². The van der Waals surface area contributed by atoms with Crippen molar-refractivity contribution in [1.82, 2.24) is 5.32 Å². The fourth-order valence-corrected chi connectivity index (χ4v) is 3.42. The minimum atomic E-state index is -1.05. The number of rotatable bonds is 7. The van der Waals surface area contributed by atoms with Crippen molar-refractivity contribution in [3.8, 4) is 0 Å². The molecule has 0 unspecified atom stereocenters. The van der Waals surface area contributed by atoms with E-state index in [1.807, 2.05) is 30.3 Å². The van der Waals surface area contributed by atoms with E-state index in [0.29, 0.717) is 25.7 Å². The van der Waals surface area contributed by atoms with Crippen LogP contribution in [0.3, 0.4) is 0 Å². The molecule has 2 atom stereocenters. The summed E-state index contributed by atoms with van der Waals surface area (Å²) in [5, 5.41) is 21.1. The largest absolute Gasteiger partial charge is 0.481 e. The number of hydrogen-bond acceptors (Lipinski definition) is 3. The van der Waals surface area contributed by atoms with Gasteiger partial charge in [0.15, 0.2) is 0 Å². The van der Waals surface area contributed by atoms with Gasteiger partial charge in [-0.25, -0.2) is 4.79 Å². The molecule has 0 radical (unpaired) electrons. The standard InChI is InChI=1S/C19H25NO5/c1-12(18(22)23)14-7-9-15(10-8-14)17(21)20-16(19(24)25)11-13-5-3-2-4-6-13/h2-6,12,14-16H,7-11H2,1H3,(H,20,21)(H,22,23)(H,24,25)/t12-,14?,15?,16-/m1/s1. The zero-order chi connectivity index (χ0) is 18.4. The van der Waals surface area contributed by atoms with Crippen molar-refractivity contribution in [1.29, 1.82) is 0 Å². The van der Waals surface area contributed by atoms with Gasteiger partial charge in [0.25, 0.3) is 0 Å². The van der Waals surface area contributed by atoms with Crippen LogP contribution in [0.25, 0.3) is 0 Å². The molecule has 3 N–H and O–H groups in total. The Morgan fingerprint density at radius 1 is 1.04 bits per heavy atom. The van der Waals surface area contributed by atoms with Crippen LogP contribution in [0.4, 0.5) is 0 Å². The van der Waals surface area contributed by atoms with Crippen LogP contribution in [0.15, 0.2) is 30.3 Å². The number of hydrogen-bond donors (Lipinski definition) is 3. The SMILES string of the molecule is C[C@@H](C(=O)O)C1CCC(C(=O)N[C@H](Cc2ccccc2)C(=O)O)CC1. The van der Waals surface area contributed by atoms with E-state index in [4.69, 9.17) is 5.11 Å². The van der Waals surface area contributed by atoms with Crippen LogP contribution in [0.2, 0.25) is 0 Å². The maximum atomic E-state index is 12.4. The molecular formula is C19H25NO5. The van der Waals surface area contributed by atoms with Crippen LogP contribution in [-0.2, 0) is 20.8 Å². The molecule has 1 aliphatic rings. The summed E-state index contributed by atoms with van der Waals surface area (Å²) >= 11 is 0. The fourth-order valence-electron chi connectivity index (χ4n) is 3.42. The second kappa shape index (κ2) is 8.65. The summed E-state index contributed by atoms with van der Waals surface area (Å²) in [4.78, 5) is 34.9. The second-order valence-electron chi connectivity index (χ2n) is 6.83. The maximum Gasteiger partial charge on any atom is 0.326 e. The molecule has 1 aromatic rings. The lowest BCUT2D eigenvalue weighted by Crippen LogP contribution is -2.45. The average Bonchev–Trinajstić information content (AvgIpc) is 2.61. The molecule has 0 aromatic heterocycles. The van der Waals surface area contributed by atoms with Gasteiger partial charge in [0.2, 0.25) is 5.91 Å². The van der Waals surface area contributed by atoms with Gasteiger partial charge in [-0.3, -0.25) is 9.59 Å². The topological polar surface area (TPSA) is 104 Å². The summed E-state index contributed by atoms with van der Waals surface area (Å²) < 4.78 is 0. The summed E-state index contributed by atoms with van der Waals surface area (Å²) in [7, 11) is 0. The number of carbonyl (C=O) groups is 3. The fraction of sp³-hybridized carbons (Fsp3) is 0.526. The average molecular weight is 347 g/mol. The Labute approximate surface area is 147 Å². The van der Waals surface area contributed by atoms with E-state index in [0.717, 1.165) is 5.56 Å². The molecular weight excluding hydrogens is 322 g/mol. The Balaban J connectivity index is 1.89. The van der Waals surface area contributed by atoms with Gasteiger partial charge >= 0.3 is 11.9 Å². The van der Waals surface area contributed by atoms with E-state index in [9.17, 15) is 19.5 Å². The van der Waals surface area contributed by atoms with E-state index in [1.54, 1.807) is 6.92 Å². The molecule has 1 amide bonds. The number of carboxylic acids is 2. The van der Waals surface area contributed by atoms with Crippen LogP contribution < -0.4 is 5.32 Å². The minimum absolute atomic E-state index is 0.0844. The quantitative estimate of drug-likeness (QED) is 0.702. The summed E-state index contributed by atoms with van der Waals surface area (Å²) in [5.41, 5.74) is 0.856. The van der Waals surface area contributed by atoms with Gasteiger partial charge in [-0.1, -0.05) is 37.3 Å². The molecule has 0 heterocycles. The first-order valence-electron chi connectivity index (χ1n) is 8.68. The highest BCUT2D eigenvalue weighted by atomic mass is 16.4. The van der Waals surface area contributed by atoms with Crippen LogP contribution >= 0.6 is 0 Å². The lowest BCUT2D eigenvalue weighted by Gasteiger charge is -2.30. The van der Waals surface area contributed by atoms with Gasteiger partial charge in [-0.15, -0.1) is 0 Å². The Kier molecular flexibility index (Phi) is 6.56. The van der Waals surface area contributed by atoms with Crippen molar-refractivity contribution in [2.75, 3.05) is 0 Å². The van der Waals surface area contributed by atoms with Gasteiger partial charge in [-0.2, -0.15) is 0 Å². The van der Waals surface area contributed by atoms with Gasteiger partial charge in [0.1, 0.15) is 6.04 Å². The molecule has 136 valence electrons. The monoisotopic (exact) mass is 347 g/mol. The molecule has 1 aromatic carbocycles. The Morgan fingerprint density at radius 3 is 2.16 bits per heavy atom. The number of carboxylic acid groups (broad SMARTS) is 2. The molecule has 1 saturated carbocycles. The van der Waals surface area contributed by atoms with Crippen molar-refractivity contribution >= 4 is 17.8 Å². The predicted molar refractivity (Wildman–Crippen MR) is 92.0 cm³/mol. The number of benzene rings is 1. The molecule has 0 aliphatic heterocycles. The number of aliphatic carboxylic acids is 2. The number of nitrogens with one attached hydrogen (secondary N) is 1. The molecule has 0 bridgehead atoms. The zero-order valence-corrected chi connectivity index (χ0v) is 14.4. The third kappa shape index (κ3) is 5.31. The lowest BCUT2D eigenvalue weighted by molar-refractivity contribution is -0.144. The van der Waals surface area contributed by atoms with E-state index < -0.39 is 23.9 Å². The molecule has 6 nitrogen and oxygen atoms in total. The summed E-state index contributed by atoms with van der Waals surface area (Å²) in [6.45, 7) is 1.70. The van der Waals surface area contributed by atoms with E-state index in [-0.39, 0.29) is 24.2 Å². The van der Waals surface area contributed by atoms with Crippen molar-refractivity contribution in [3.05, 3.63) is 35.9 Å². The highest BCUT2D eigenvalue weighted by Gasteiger charge is 2.33. The summed E-state index contributed by atoms with van der Waals surface area (Å²) in [5.74, 6) is -2.67. The molecule has 1 aliphatic carbocycles. The first-order chi connectivity index (χ1) is 11.9. The normalized spacial score (nSPS) is 22.6. The molecule has 25 heavy (non-hydrogen) atoms. The highest BCUT2D eigenvalue weighted by molar-refractivity contribution is 5.85. The van der Waals surface area contributed by atoms with Crippen LogP contribution in [0.5, 0.6) is 0 Å². The molecule has 2 rings (SSSR count). The lowest BCUT2D eigenvalue weighted by atomic mass is 9.76. The van der Waals surface area contributed by atoms with Crippen molar-refractivity contribution in [2.24, 2.45) is 17.8 Å². The first kappa shape index (κ1) is 19.0. The predicted octanol–water partition coefficient (Wildman–Crippen LogP) is 2.33. The van der Waals surface area contributed by atoms with Gasteiger partial charge in [0, 0.05) is 12.3 Å². The van der Waals surface area contributed by atoms with Crippen molar-refractivity contribution < 1.29 is 24.6 Å². The maximum absolute atomic E-state index is 12.4. The molecule has 0 saturated heterocycles. The second-order valence-corrected chi connectivity index (χ2v) is 6.83. The van der Waals surface area contributed by atoms with Crippen LogP contribution in [0, 0.1) is 17.8 Å². The number of amides is 1. The van der Waals surface area contributed by atoms with Crippen molar-refractivity contribution in [3.63, 3.8) is 0 Å². The number of carbonyl (C=O) groups excluding carboxylic acids is 1. The minimum Gasteiger partial charge on any atom is -0.481 e. The first-order valence-corrected chi connectivity index (χ1v) is 8.68.